The van der Waals surface area contributed by atoms with Gasteiger partial charge in [-0.05, 0) is 43.2 Å². The van der Waals surface area contributed by atoms with Crippen molar-refractivity contribution in [3.05, 3.63) is 35.4 Å². The standard InChI is InChI=1S/C23H38O/c1-3-5-7-8-10-11-20-13-15-21(16-14-20)22-17-18-23(24-19-22)12-9-6-4-2/h13-16,22-23H,3-12,17-19H2,1-2H3. The highest BCUT2D eigenvalue weighted by molar-refractivity contribution is 5.26. The molecule has 2 rings (SSSR count). The Labute approximate surface area is 150 Å². The van der Waals surface area contributed by atoms with Gasteiger partial charge in [0.1, 0.15) is 0 Å². The molecule has 1 saturated heterocycles. The van der Waals surface area contributed by atoms with Crippen LogP contribution in [-0.4, -0.2) is 12.7 Å². The van der Waals surface area contributed by atoms with E-state index in [1.54, 1.807) is 0 Å². The largest absolute Gasteiger partial charge is 0.378 e. The van der Waals surface area contributed by atoms with E-state index in [1.165, 1.54) is 88.2 Å². The zero-order valence-electron chi connectivity index (χ0n) is 16.1. The van der Waals surface area contributed by atoms with E-state index >= 15 is 0 Å². The molecule has 1 fully saturated rings. The Morgan fingerprint density at radius 2 is 1.54 bits per heavy atom. The molecule has 1 aliphatic rings. The minimum absolute atomic E-state index is 0.523. The van der Waals surface area contributed by atoms with Crippen molar-refractivity contribution in [1.29, 1.82) is 0 Å². The van der Waals surface area contributed by atoms with Gasteiger partial charge in [-0.1, -0.05) is 83.1 Å². The van der Waals surface area contributed by atoms with Gasteiger partial charge in [0, 0.05) is 5.92 Å². The highest BCUT2D eigenvalue weighted by Gasteiger charge is 2.22. The first-order valence-electron chi connectivity index (χ1n) is 10.5. The number of unbranched alkanes of at least 4 members (excludes halogenated alkanes) is 6. The molecule has 0 aromatic heterocycles. The molecule has 24 heavy (non-hydrogen) atoms. The molecule has 1 aliphatic heterocycles. The van der Waals surface area contributed by atoms with E-state index in [9.17, 15) is 0 Å². The van der Waals surface area contributed by atoms with Gasteiger partial charge >= 0.3 is 0 Å². The third-order valence-corrected chi connectivity index (χ3v) is 5.52. The predicted molar refractivity (Wildman–Crippen MR) is 105 cm³/mol. The van der Waals surface area contributed by atoms with Crippen molar-refractivity contribution in [2.75, 3.05) is 6.61 Å². The summed E-state index contributed by atoms with van der Waals surface area (Å²) in [5.74, 6) is 0.617. The summed E-state index contributed by atoms with van der Waals surface area (Å²) in [5, 5.41) is 0. The topological polar surface area (TPSA) is 9.23 Å². The van der Waals surface area contributed by atoms with Crippen LogP contribution in [0, 0.1) is 0 Å². The summed E-state index contributed by atoms with van der Waals surface area (Å²) in [7, 11) is 0. The summed E-state index contributed by atoms with van der Waals surface area (Å²) < 4.78 is 6.12. The number of benzene rings is 1. The van der Waals surface area contributed by atoms with Crippen LogP contribution < -0.4 is 0 Å². The van der Waals surface area contributed by atoms with E-state index in [4.69, 9.17) is 4.74 Å². The van der Waals surface area contributed by atoms with Crippen molar-refractivity contribution < 1.29 is 4.74 Å². The summed E-state index contributed by atoms with van der Waals surface area (Å²) in [6, 6.07) is 9.41. The van der Waals surface area contributed by atoms with Crippen molar-refractivity contribution in [1.82, 2.24) is 0 Å². The SMILES string of the molecule is CCCCCCCc1ccc(C2CCC(CCCCC)OC2)cc1. The van der Waals surface area contributed by atoms with Gasteiger partial charge in [0.15, 0.2) is 0 Å². The van der Waals surface area contributed by atoms with E-state index in [-0.39, 0.29) is 0 Å². The third kappa shape index (κ3) is 6.97. The van der Waals surface area contributed by atoms with Crippen LogP contribution in [0.5, 0.6) is 0 Å². The first-order valence-corrected chi connectivity index (χ1v) is 10.5. The Hall–Kier alpha value is -0.820. The van der Waals surface area contributed by atoms with Crippen molar-refractivity contribution in [3.8, 4) is 0 Å². The van der Waals surface area contributed by atoms with E-state index in [0.29, 0.717) is 12.0 Å². The maximum atomic E-state index is 6.12. The molecule has 0 N–H and O–H groups in total. The molecule has 0 aliphatic carbocycles. The maximum Gasteiger partial charge on any atom is 0.0575 e. The van der Waals surface area contributed by atoms with Crippen LogP contribution >= 0.6 is 0 Å². The molecule has 0 amide bonds. The molecule has 1 nitrogen and oxygen atoms in total. The van der Waals surface area contributed by atoms with Crippen molar-refractivity contribution in [3.63, 3.8) is 0 Å². The molecular weight excluding hydrogens is 292 g/mol. The summed E-state index contributed by atoms with van der Waals surface area (Å²) in [6.45, 7) is 5.47. The number of hydrogen-bond acceptors (Lipinski definition) is 1. The van der Waals surface area contributed by atoms with Crippen LogP contribution in [0.3, 0.4) is 0 Å². The molecule has 0 spiro atoms. The molecular formula is C23H38O. The van der Waals surface area contributed by atoms with E-state index in [2.05, 4.69) is 38.1 Å². The van der Waals surface area contributed by atoms with Gasteiger partial charge in [-0.25, -0.2) is 0 Å². The second kappa shape index (κ2) is 11.7. The first kappa shape index (κ1) is 19.5. The van der Waals surface area contributed by atoms with Gasteiger partial charge < -0.3 is 4.74 Å². The zero-order chi connectivity index (χ0) is 17.0. The quantitative estimate of drug-likeness (QED) is 0.395. The molecule has 1 heteroatoms. The Kier molecular flexibility index (Phi) is 9.50. The van der Waals surface area contributed by atoms with Gasteiger partial charge in [0.2, 0.25) is 0 Å². The minimum Gasteiger partial charge on any atom is -0.378 e. The van der Waals surface area contributed by atoms with Crippen LogP contribution in [0.15, 0.2) is 24.3 Å². The molecule has 0 radical (unpaired) electrons. The molecule has 2 unspecified atom stereocenters. The first-order chi connectivity index (χ1) is 11.8. The number of hydrogen-bond donors (Lipinski definition) is 0. The Bertz CT molecular complexity index is 414. The molecule has 0 saturated carbocycles. The van der Waals surface area contributed by atoms with E-state index in [1.807, 2.05) is 0 Å². The van der Waals surface area contributed by atoms with Gasteiger partial charge in [-0.3, -0.25) is 0 Å². The molecule has 1 aromatic carbocycles. The van der Waals surface area contributed by atoms with Crippen molar-refractivity contribution >= 4 is 0 Å². The summed E-state index contributed by atoms with van der Waals surface area (Å²) >= 11 is 0. The smallest absolute Gasteiger partial charge is 0.0575 e. The molecule has 1 heterocycles. The fourth-order valence-corrected chi connectivity index (χ4v) is 3.81. The average Bonchev–Trinajstić information content (AvgIpc) is 2.63. The van der Waals surface area contributed by atoms with Crippen molar-refractivity contribution in [2.45, 2.75) is 103 Å². The second-order valence-corrected chi connectivity index (χ2v) is 7.63. The van der Waals surface area contributed by atoms with Crippen LogP contribution in [-0.2, 0) is 11.2 Å². The van der Waals surface area contributed by atoms with E-state index in [0.717, 1.165) is 6.61 Å². The monoisotopic (exact) mass is 330 g/mol. The molecule has 1 aromatic rings. The van der Waals surface area contributed by atoms with Gasteiger partial charge in [-0.15, -0.1) is 0 Å². The minimum atomic E-state index is 0.523. The fourth-order valence-electron chi connectivity index (χ4n) is 3.81. The molecule has 2 atom stereocenters. The second-order valence-electron chi connectivity index (χ2n) is 7.63. The van der Waals surface area contributed by atoms with Gasteiger partial charge in [0.25, 0.3) is 0 Å². The normalized spacial score (nSPS) is 21.1. The lowest BCUT2D eigenvalue weighted by Crippen LogP contribution is -2.24. The summed E-state index contributed by atoms with van der Waals surface area (Å²) in [4.78, 5) is 0. The molecule has 136 valence electrons. The highest BCUT2D eigenvalue weighted by atomic mass is 16.5. The third-order valence-electron chi connectivity index (χ3n) is 5.52. The Morgan fingerprint density at radius 3 is 2.21 bits per heavy atom. The average molecular weight is 331 g/mol. The zero-order valence-corrected chi connectivity index (χ0v) is 16.1. The highest BCUT2D eigenvalue weighted by Crippen LogP contribution is 2.30. The fraction of sp³-hybridized carbons (Fsp3) is 0.739. The molecule has 0 bridgehead atoms. The Morgan fingerprint density at radius 1 is 0.833 bits per heavy atom. The van der Waals surface area contributed by atoms with Crippen LogP contribution in [0.2, 0.25) is 0 Å². The van der Waals surface area contributed by atoms with Crippen molar-refractivity contribution in [2.24, 2.45) is 0 Å². The van der Waals surface area contributed by atoms with Crippen LogP contribution in [0.4, 0.5) is 0 Å². The van der Waals surface area contributed by atoms with Gasteiger partial charge in [0.05, 0.1) is 12.7 Å². The predicted octanol–water partition coefficient (Wildman–Crippen LogP) is 7.04. The summed E-state index contributed by atoms with van der Waals surface area (Å²) in [6.07, 6.45) is 16.4. The van der Waals surface area contributed by atoms with Gasteiger partial charge in [-0.2, -0.15) is 0 Å². The van der Waals surface area contributed by atoms with Crippen LogP contribution in [0.1, 0.15) is 102 Å². The summed E-state index contributed by atoms with van der Waals surface area (Å²) in [5.41, 5.74) is 2.99. The number of rotatable bonds is 11. The lowest BCUT2D eigenvalue weighted by atomic mass is 9.89. The number of aryl methyl sites for hydroxylation is 1. The van der Waals surface area contributed by atoms with Crippen LogP contribution in [0.25, 0.3) is 0 Å². The Balaban J connectivity index is 1.68. The lowest BCUT2D eigenvalue weighted by Gasteiger charge is -2.29. The lowest BCUT2D eigenvalue weighted by molar-refractivity contribution is -0.00208. The van der Waals surface area contributed by atoms with E-state index < -0.39 is 0 Å². The maximum absolute atomic E-state index is 6.12. The number of ether oxygens (including phenoxy) is 1.